The van der Waals surface area contributed by atoms with Gasteiger partial charge in [0.25, 0.3) is 0 Å². The van der Waals surface area contributed by atoms with Crippen LogP contribution in [-0.4, -0.2) is 56.9 Å². The van der Waals surface area contributed by atoms with Gasteiger partial charge in [-0.25, -0.2) is 4.79 Å². The van der Waals surface area contributed by atoms with Crippen LogP contribution >= 0.6 is 0 Å². The standard InChI is InChI=1S/C7H12O6/c1-2-3(8)4(9)5(10)6(13-2)7(11)12/h2-6,8-10H,1H3,(H,11,12)/t2-,3-,4+,5+,6?/m1/s1. The Balaban J connectivity index is 2.76. The Morgan fingerprint density at radius 3 is 2.15 bits per heavy atom. The van der Waals surface area contributed by atoms with Crippen LogP contribution in [0.15, 0.2) is 0 Å². The van der Waals surface area contributed by atoms with Gasteiger partial charge in [0.15, 0.2) is 6.10 Å². The van der Waals surface area contributed by atoms with Crippen molar-refractivity contribution < 1.29 is 30.0 Å². The molecule has 5 atom stereocenters. The quantitative estimate of drug-likeness (QED) is 0.380. The van der Waals surface area contributed by atoms with Crippen molar-refractivity contribution >= 4 is 5.97 Å². The summed E-state index contributed by atoms with van der Waals surface area (Å²) in [5.41, 5.74) is 0. The number of carboxylic acid groups (broad SMARTS) is 1. The van der Waals surface area contributed by atoms with Crippen molar-refractivity contribution in [1.82, 2.24) is 0 Å². The fraction of sp³-hybridized carbons (Fsp3) is 0.857. The third-order valence-corrected chi connectivity index (χ3v) is 2.10. The van der Waals surface area contributed by atoms with Crippen molar-refractivity contribution in [3.8, 4) is 0 Å². The minimum Gasteiger partial charge on any atom is -0.479 e. The molecule has 0 bridgehead atoms. The van der Waals surface area contributed by atoms with Crippen LogP contribution in [0, 0.1) is 0 Å². The molecule has 1 heterocycles. The van der Waals surface area contributed by atoms with Crippen LogP contribution in [-0.2, 0) is 9.53 Å². The lowest BCUT2D eigenvalue weighted by Gasteiger charge is -2.37. The van der Waals surface area contributed by atoms with Crippen LogP contribution in [0.25, 0.3) is 0 Å². The predicted molar refractivity (Wildman–Crippen MR) is 40.0 cm³/mol. The van der Waals surface area contributed by atoms with Gasteiger partial charge < -0.3 is 25.2 Å². The van der Waals surface area contributed by atoms with Gasteiger partial charge in [0.1, 0.15) is 18.3 Å². The van der Waals surface area contributed by atoms with E-state index < -0.39 is 36.5 Å². The summed E-state index contributed by atoms with van der Waals surface area (Å²) in [6.07, 6.45) is -6.62. The molecule has 0 saturated carbocycles. The average molecular weight is 192 g/mol. The van der Waals surface area contributed by atoms with E-state index >= 15 is 0 Å². The Hall–Kier alpha value is -0.690. The van der Waals surface area contributed by atoms with Gasteiger partial charge in [0.2, 0.25) is 0 Å². The zero-order valence-corrected chi connectivity index (χ0v) is 6.99. The number of ether oxygens (including phenoxy) is 1. The molecule has 1 fully saturated rings. The molecule has 4 N–H and O–H groups in total. The van der Waals surface area contributed by atoms with Gasteiger partial charge >= 0.3 is 5.97 Å². The second kappa shape index (κ2) is 3.59. The van der Waals surface area contributed by atoms with Crippen LogP contribution in [0.4, 0.5) is 0 Å². The van der Waals surface area contributed by atoms with Crippen LogP contribution < -0.4 is 0 Å². The maximum Gasteiger partial charge on any atom is 0.335 e. The fourth-order valence-corrected chi connectivity index (χ4v) is 1.26. The summed E-state index contributed by atoms with van der Waals surface area (Å²) in [7, 11) is 0. The Labute approximate surface area is 74.4 Å². The van der Waals surface area contributed by atoms with E-state index in [-0.39, 0.29) is 0 Å². The summed E-state index contributed by atoms with van der Waals surface area (Å²) in [6.45, 7) is 1.43. The summed E-state index contributed by atoms with van der Waals surface area (Å²) in [6, 6.07) is 0. The van der Waals surface area contributed by atoms with Crippen molar-refractivity contribution in [1.29, 1.82) is 0 Å². The number of rotatable bonds is 1. The lowest BCUT2D eigenvalue weighted by molar-refractivity contribution is -0.223. The minimum atomic E-state index is -1.59. The molecule has 0 radical (unpaired) electrons. The summed E-state index contributed by atoms with van der Waals surface area (Å²) in [5.74, 6) is -1.36. The zero-order chi connectivity index (χ0) is 10.2. The highest BCUT2D eigenvalue weighted by molar-refractivity contribution is 5.73. The monoisotopic (exact) mass is 192 g/mol. The third-order valence-electron chi connectivity index (χ3n) is 2.10. The van der Waals surface area contributed by atoms with Gasteiger partial charge in [0.05, 0.1) is 6.10 Å². The smallest absolute Gasteiger partial charge is 0.335 e. The summed E-state index contributed by atoms with van der Waals surface area (Å²) >= 11 is 0. The first kappa shape index (κ1) is 10.4. The maximum absolute atomic E-state index is 10.5. The molecule has 1 unspecified atom stereocenters. The average Bonchev–Trinajstić information content (AvgIpc) is 2.07. The highest BCUT2D eigenvalue weighted by Gasteiger charge is 2.44. The minimum absolute atomic E-state index is 0.806. The first-order chi connectivity index (χ1) is 5.95. The van der Waals surface area contributed by atoms with E-state index in [1.807, 2.05) is 0 Å². The number of hydrogen-bond donors (Lipinski definition) is 4. The van der Waals surface area contributed by atoms with E-state index in [2.05, 4.69) is 0 Å². The summed E-state index contributed by atoms with van der Waals surface area (Å²) in [5, 5.41) is 36.1. The highest BCUT2D eigenvalue weighted by Crippen LogP contribution is 2.20. The van der Waals surface area contributed by atoms with E-state index in [0.717, 1.165) is 0 Å². The van der Waals surface area contributed by atoms with Crippen LogP contribution in [0.1, 0.15) is 6.92 Å². The van der Waals surface area contributed by atoms with Crippen molar-refractivity contribution in [2.45, 2.75) is 37.4 Å². The lowest BCUT2D eigenvalue weighted by Crippen LogP contribution is -2.58. The molecule has 0 amide bonds. The molecular formula is C7H12O6. The van der Waals surface area contributed by atoms with Crippen LogP contribution in [0.5, 0.6) is 0 Å². The molecular weight excluding hydrogens is 180 g/mol. The number of carbonyl (C=O) groups is 1. The van der Waals surface area contributed by atoms with Gasteiger partial charge in [-0.1, -0.05) is 0 Å². The lowest BCUT2D eigenvalue weighted by atomic mass is 9.96. The maximum atomic E-state index is 10.5. The molecule has 0 spiro atoms. The Morgan fingerprint density at radius 2 is 1.69 bits per heavy atom. The molecule has 76 valence electrons. The molecule has 0 aromatic carbocycles. The summed E-state index contributed by atoms with van der Waals surface area (Å²) < 4.78 is 4.78. The van der Waals surface area contributed by atoms with E-state index in [9.17, 15) is 20.1 Å². The molecule has 1 saturated heterocycles. The van der Waals surface area contributed by atoms with Gasteiger partial charge in [-0.3, -0.25) is 0 Å². The SMILES string of the molecule is C[C@H]1OC(C(=O)O)[C@@H](O)[C@@H](O)[C@@H]1O. The highest BCUT2D eigenvalue weighted by atomic mass is 16.6. The van der Waals surface area contributed by atoms with Gasteiger partial charge in [0, 0.05) is 0 Å². The number of carboxylic acids is 1. The normalized spacial score (nSPS) is 46.0. The van der Waals surface area contributed by atoms with E-state index in [0.29, 0.717) is 0 Å². The van der Waals surface area contributed by atoms with Crippen LogP contribution in [0.2, 0.25) is 0 Å². The molecule has 0 aliphatic carbocycles. The first-order valence-corrected chi connectivity index (χ1v) is 3.87. The van der Waals surface area contributed by atoms with Crippen molar-refractivity contribution in [3.05, 3.63) is 0 Å². The number of hydrogen-bond acceptors (Lipinski definition) is 5. The molecule has 1 rings (SSSR count). The number of aliphatic hydroxyl groups is 3. The van der Waals surface area contributed by atoms with Gasteiger partial charge in [-0.05, 0) is 6.92 Å². The van der Waals surface area contributed by atoms with E-state index in [4.69, 9.17) is 9.84 Å². The largest absolute Gasteiger partial charge is 0.479 e. The molecule has 0 aromatic heterocycles. The van der Waals surface area contributed by atoms with Crippen LogP contribution in [0.3, 0.4) is 0 Å². The fourth-order valence-electron chi connectivity index (χ4n) is 1.26. The molecule has 1 aliphatic rings. The van der Waals surface area contributed by atoms with Gasteiger partial charge in [-0.2, -0.15) is 0 Å². The topological polar surface area (TPSA) is 107 Å². The molecule has 1 aliphatic heterocycles. The van der Waals surface area contributed by atoms with E-state index in [1.54, 1.807) is 0 Å². The van der Waals surface area contributed by atoms with Crippen molar-refractivity contribution in [2.24, 2.45) is 0 Å². The molecule has 6 nitrogen and oxygen atoms in total. The zero-order valence-electron chi connectivity index (χ0n) is 6.99. The number of aliphatic hydroxyl groups excluding tert-OH is 3. The second-order valence-electron chi connectivity index (χ2n) is 3.07. The Bertz CT molecular complexity index is 205. The second-order valence-corrected chi connectivity index (χ2v) is 3.07. The Morgan fingerprint density at radius 1 is 1.15 bits per heavy atom. The van der Waals surface area contributed by atoms with Crippen molar-refractivity contribution in [3.63, 3.8) is 0 Å². The molecule has 13 heavy (non-hydrogen) atoms. The van der Waals surface area contributed by atoms with Gasteiger partial charge in [-0.15, -0.1) is 0 Å². The predicted octanol–water partition coefficient (Wildman–Crippen LogP) is -2.06. The molecule has 6 heteroatoms. The Kier molecular flexibility index (Phi) is 2.87. The van der Waals surface area contributed by atoms with Crippen molar-refractivity contribution in [2.75, 3.05) is 0 Å². The third kappa shape index (κ3) is 1.80. The summed E-state index contributed by atoms with van der Waals surface area (Å²) in [4.78, 5) is 10.5. The first-order valence-electron chi connectivity index (χ1n) is 3.87. The van der Waals surface area contributed by atoms with E-state index in [1.165, 1.54) is 6.92 Å². The number of aliphatic carboxylic acids is 1. The molecule has 0 aromatic rings.